The van der Waals surface area contributed by atoms with Crippen molar-refractivity contribution in [2.45, 2.75) is 76.7 Å². The summed E-state index contributed by atoms with van der Waals surface area (Å²) < 4.78 is 16.4. The van der Waals surface area contributed by atoms with E-state index in [1.54, 1.807) is 12.1 Å². The number of rotatable bonds is 5. The first kappa shape index (κ1) is 17.7. The average molecular weight is 357 g/mol. The predicted octanol–water partition coefficient (Wildman–Crippen LogP) is 3.76. The van der Waals surface area contributed by atoms with Gasteiger partial charge in [-0.05, 0) is 45.1 Å². The van der Waals surface area contributed by atoms with Crippen LogP contribution in [0.15, 0.2) is 30.5 Å². The Morgan fingerprint density at radius 2 is 1.92 bits per heavy atom. The van der Waals surface area contributed by atoms with Crippen LogP contribution in [0.5, 0.6) is 0 Å². The first-order chi connectivity index (χ1) is 12.5. The van der Waals surface area contributed by atoms with Gasteiger partial charge in [0.15, 0.2) is 0 Å². The van der Waals surface area contributed by atoms with E-state index in [1.807, 2.05) is 12.3 Å². The van der Waals surface area contributed by atoms with Crippen molar-refractivity contribution in [2.75, 3.05) is 0 Å². The fraction of sp³-hybridized carbons (Fsp3) is 0.571. The van der Waals surface area contributed by atoms with Crippen LogP contribution >= 0.6 is 0 Å². The van der Waals surface area contributed by atoms with Gasteiger partial charge in [-0.1, -0.05) is 25.1 Å². The van der Waals surface area contributed by atoms with Gasteiger partial charge in [0.25, 0.3) is 0 Å². The standard InChI is InChI=1S/C21H28FN3O/c1-3-10-25-15(2)16(13-23-25)14-24-17-8-9-18(24)12-21(26,11-17)19-6-4-5-7-20(19)22/h4-7,13,17-18,26H,3,8-12,14H2,1-2H3/t17-,18+,21?. The van der Waals surface area contributed by atoms with Gasteiger partial charge in [-0.15, -0.1) is 0 Å². The van der Waals surface area contributed by atoms with Crippen LogP contribution in [0, 0.1) is 12.7 Å². The fourth-order valence-corrected chi connectivity index (χ4v) is 4.91. The lowest BCUT2D eigenvalue weighted by Gasteiger charge is -2.44. The largest absolute Gasteiger partial charge is 0.385 e. The maximum atomic E-state index is 14.3. The predicted molar refractivity (Wildman–Crippen MR) is 99.1 cm³/mol. The van der Waals surface area contributed by atoms with Crippen LogP contribution in [0.2, 0.25) is 0 Å². The smallest absolute Gasteiger partial charge is 0.129 e. The summed E-state index contributed by atoms with van der Waals surface area (Å²) in [5.41, 5.74) is 1.92. The summed E-state index contributed by atoms with van der Waals surface area (Å²) in [5.74, 6) is -0.292. The molecule has 2 aliphatic heterocycles. The Morgan fingerprint density at radius 1 is 1.23 bits per heavy atom. The Hall–Kier alpha value is -1.72. The molecule has 4 nitrogen and oxygen atoms in total. The van der Waals surface area contributed by atoms with Gasteiger partial charge in [0.1, 0.15) is 5.82 Å². The molecule has 4 rings (SSSR count). The highest BCUT2D eigenvalue weighted by molar-refractivity contribution is 5.27. The number of nitrogens with zero attached hydrogens (tertiary/aromatic N) is 3. The molecule has 0 aliphatic carbocycles. The SMILES string of the molecule is CCCn1ncc(CN2[C@@H]3CC[C@H]2CC(O)(c2ccccc2F)C3)c1C. The molecule has 2 aliphatic rings. The average Bonchev–Trinajstić information content (AvgIpc) is 3.07. The zero-order valence-electron chi connectivity index (χ0n) is 15.7. The molecular formula is C21H28FN3O. The van der Waals surface area contributed by atoms with Gasteiger partial charge in [-0.25, -0.2) is 4.39 Å². The molecule has 1 N–H and O–H groups in total. The topological polar surface area (TPSA) is 41.3 Å². The van der Waals surface area contributed by atoms with Crippen LogP contribution in [0.3, 0.4) is 0 Å². The molecule has 26 heavy (non-hydrogen) atoms. The minimum absolute atomic E-state index is 0.292. The molecule has 2 bridgehead atoms. The molecule has 3 atom stereocenters. The molecule has 0 spiro atoms. The van der Waals surface area contributed by atoms with E-state index in [4.69, 9.17) is 0 Å². The van der Waals surface area contributed by atoms with E-state index in [9.17, 15) is 9.50 Å². The van der Waals surface area contributed by atoms with Gasteiger partial charge < -0.3 is 5.11 Å². The maximum Gasteiger partial charge on any atom is 0.129 e. The molecule has 3 heterocycles. The number of benzene rings is 1. The summed E-state index contributed by atoms with van der Waals surface area (Å²) >= 11 is 0. The Labute approximate surface area is 154 Å². The van der Waals surface area contributed by atoms with E-state index in [2.05, 4.69) is 28.5 Å². The molecular weight excluding hydrogens is 329 g/mol. The summed E-state index contributed by atoms with van der Waals surface area (Å²) in [4.78, 5) is 2.51. The number of aromatic nitrogens is 2. The van der Waals surface area contributed by atoms with Crippen LogP contribution in [0.4, 0.5) is 4.39 Å². The van der Waals surface area contributed by atoms with E-state index in [1.165, 1.54) is 17.3 Å². The lowest BCUT2D eigenvalue weighted by atomic mass is 9.80. The van der Waals surface area contributed by atoms with Gasteiger partial charge in [0.2, 0.25) is 0 Å². The monoisotopic (exact) mass is 357 g/mol. The lowest BCUT2D eigenvalue weighted by molar-refractivity contribution is -0.0616. The molecule has 1 unspecified atom stereocenters. The van der Waals surface area contributed by atoms with Crippen LogP contribution < -0.4 is 0 Å². The van der Waals surface area contributed by atoms with E-state index in [0.29, 0.717) is 30.5 Å². The van der Waals surface area contributed by atoms with Crippen LogP contribution in [0.25, 0.3) is 0 Å². The second-order valence-corrected chi connectivity index (χ2v) is 7.96. The molecule has 2 fully saturated rings. The van der Waals surface area contributed by atoms with Crippen LogP contribution in [0.1, 0.15) is 55.8 Å². The molecule has 0 saturated carbocycles. The summed E-state index contributed by atoms with van der Waals surface area (Å²) in [6.45, 7) is 6.12. The summed E-state index contributed by atoms with van der Waals surface area (Å²) in [5, 5.41) is 15.8. The van der Waals surface area contributed by atoms with Gasteiger partial charge in [0, 0.05) is 42.0 Å². The van der Waals surface area contributed by atoms with E-state index in [-0.39, 0.29) is 5.82 Å². The normalized spacial score (nSPS) is 28.6. The number of aliphatic hydroxyl groups is 1. The first-order valence-electron chi connectivity index (χ1n) is 9.76. The van der Waals surface area contributed by atoms with E-state index < -0.39 is 5.60 Å². The van der Waals surface area contributed by atoms with Crippen molar-refractivity contribution < 1.29 is 9.50 Å². The summed E-state index contributed by atoms with van der Waals surface area (Å²) in [6.07, 6.45) is 6.42. The van der Waals surface area contributed by atoms with Gasteiger partial charge in [0.05, 0.1) is 11.8 Å². The zero-order valence-corrected chi connectivity index (χ0v) is 15.7. The third kappa shape index (κ3) is 2.97. The van der Waals surface area contributed by atoms with Gasteiger partial charge in [-0.2, -0.15) is 5.10 Å². The summed E-state index contributed by atoms with van der Waals surface area (Å²) in [6, 6.07) is 7.29. The van der Waals surface area contributed by atoms with E-state index in [0.717, 1.165) is 32.4 Å². The maximum absolute atomic E-state index is 14.3. The van der Waals surface area contributed by atoms with E-state index >= 15 is 0 Å². The molecule has 1 aromatic heterocycles. The minimum Gasteiger partial charge on any atom is -0.385 e. The number of aryl methyl sites for hydroxylation is 1. The highest BCUT2D eigenvalue weighted by atomic mass is 19.1. The van der Waals surface area contributed by atoms with Gasteiger partial charge in [-0.3, -0.25) is 9.58 Å². The van der Waals surface area contributed by atoms with Crippen molar-refractivity contribution in [1.82, 2.24) is 14.7 Å². The number of fused-ring (bicyclic) bond motifs is 2. The highest BCUT2D eigenvalue weighted by Gasteiger charge is 2.49. The molecule has 0 amide bonds. The van der Waals surface area contributed by atoms with Crippen LogP contribution in [-0.2, 0) is 18.7 Å². The third-order valence-corrected chi connectivity index (χ3v) is 6.29. The molecule has 2 saturated heterocycles. The van der Waals surface area contributed by atoms with Crippen molar-refractivity contribution in [3.63, 3.8) is 0 Å². The Kier molecular flexibility index (Phi) is 4.61. The second kappa shape index (κ2) is 6.78. The van der Waals surface area contributed by atoms with Crippen molar-refractivity contribution >= 4 is 0 Å². The summed E-state index contributed by atoms with van der Waals surface area (Å²) in [7, 11) is 0. The Bertz CT molecular complexity index is 773. The fourth-order valence-electron chi connectivity index (χ4n) is 4.91. The molecule has 140 valence electrons. The van der Waals surface area contributed by atoms with Crippen molar-refractivity contribution in [3.8, 4) is 0 Å². The van der Waals surface area contributed by atoms with Crippen molar-refractivity contribution in [3.05, 3.63) is 53.1 Å². The number of halogens is 1. The first-order valence-corrected chi connectivity index (χ1v) is 9.76. The highest BCUT2D eigenvalue weighted by Crippen LogP contribution is 2.46. The number of piperidine rings is 1. The number of hydrogen-bond acceptors (Lipinski definition) is 3. The van der Waals surface area contributed by atoms with Crippen molar-refractivity contribution in [2.24, 2.45) is 0 Å². The lowest BCUT2D eigenvalue weighted by Crippen LogP contribution is -2.49. The Balaban J connectivity index is 1.53. The third-order valence-electron chi connectivity index (χ3n) is 6.29. The zero-order chi connectivity index (χ0) is 18.3. The van der Waals surface area contributed by atoms with Crippen molar-refractivity contribution in [1.29, 1.82) is 0 Å². The number of hydrogen-bond donors (Lipinski definition) is 1. The molecule has 1 aromatic carbocycles. The quantitative estimate of drug-likeness (QED) is 0.886. The molecule has 5 heteroatoms. The molecule has 0 radical (unpaired) electrons. The van der Waals surface area contributed by atoms with Crippen LogP contribution in [-0.4, -0.2) is 31.9 Å². The van der Waals surface area contributed by atoms with Gasteiger partial charge >= 0.3 is 0 Å². The Morgan fingerprint density at radius 3 is 2.58 bits per heavy atom. The molecule has 2 aromatic rings. The second-order valence-electron chi connectivity index (χ2n) is 7.96. The minimum atomic E-state index is -1.05.